The second-order valence-corrected chi connectivity index (χ2v) is 7.96. The van der Waals surface area contributed by atoms with E-state index in [1.54, 1.807) is 41.1 Å². The van der Waals surface area contributed by atoms with E-state index < -0.39 is 10.8 Å². The Hall–Kier alpha value is -3.96. The highest BCUT2D eigenvalue weighted by molar-refractivity contribution is 8.27. The first-order valence-electron chi connectivity index (χ1n) is 9.08. The van der Waals surface area contributed by atoms with Gasteiger partial charge < -0.3 is 8.98 Å². The van der Waals surface area contributed by atoms with E-state index in [9.17, 15) is 14.9 Å². The molecule has 2 aliphatic heterocycles. The van der Waals surface area contributed by atoms with Gasteiger partial charge in [0.05, 0.1) is 22.4 Å². The van der Waals surface area contributed by atoms with Crippen LogP contribution in [0.5, 0.6) is 0 Å². The summed E-state index contributed by atoms with van der Waals surface area (Å²) in [5.41, 5.74) is 0.797. The van der Waals surface area contributed by atoms with E-state index in [1.165, 1.54) is 29.5 Å². The number of hydrogen-bond acceptors (Lipinski definition) is 7. The lowest BCUT2D eigenvalue weighted by atomic mass is 10.1. The molecule has 3 aromatic rings. The van der Waals surface area contributed by atoms with Crippen LogP contribution in [0.15, 0.2) is 75.0 Å². The van der Waals surface area contributed by atoms with Crippen LogP contribution in [0.1, 0.15) is 11.5 Å². The van der Waals surface area contributed by atoms with E-state index in [-0.39, 0.29) is 27.3 Å². The number of nitro benzene ring substituents is 1. The van der Waals surface area contributed by atoms with E-state index in [2.05, 4.69) is 10.1 Å². The highest BCUT2D eigenvalue weighted by atomic mass is 35.5. The Morgan fingerprint density at radius 2 is 2.09 bits per heavy atom. The number of halogens is 1. The molecule has 1 N–H and O–H groups in total. The molecule has 158 valence electrons. The number of aliphatic imine (C=N–C) groups is 1. The average molecular weight is 467 g/mol. The van der Waals surface area contributed by atoms with Gasteiger partial charge in [0.2, 0.25) is 5.17 Å². The van der Waals surface area contributed by atoms with E-state index in [4.69, 9.17) is 21.4 Å². The fraction of sp³-hybridized carbons (Fsp3) is 0. The summed E-state index contributed by atoms with van der Waals surface area (Å²) in [6, 6.07) is 11.3. The minimum absolute atomic E-state index is 0.0219. The van der Waals surface area contributed by atoms with E-state index in [0.717, 1.165) is 11.8 Å². The molecule has 0 radical (unpaired) electrons. The molecule has 0 saturated carbocycles. The lowest BCUT2D eigenvalue weighted by Crippen LogP contribution is -2.35. The molecular weight excluding hydrogens is 456 g/mol. The zero-order valence-electron chi connectivity index (χ0n) is 15.9. The number of nitrogens with one attached hydrogen (secondary N) is 1. The molecule has 2 aromatic heterocycles. The molecule has 32 heavy (non-hydrogen) atoms. The number of amidine groups is 2. The van der Waals surface area contributed by atoms with E-state index in [1.807, 2.05) is 0 Å². The van der Waals surface area contributed by atoms with Crippen LogP contribution in [0.4, 0.5) is 5.69 Å². The number of carbonyl (C=O) groups excluding carboxylic acids is 1. The third-order valence-electron chi connectivity index (χ3n) is 4.66. The molecule has 2 aliphatic rings. The average Bonchev–Trinajstić information content (AvgIpc) is 3.51. The number of nitrogens with zero attached hydrogens (tertiary/aromatic N) is 5. The normalized spacial score (nSPS) is 16.9. The number of benzene rings is 1. The Morgan fingerprint density at radius 1 is 1.25 bits per heavy atom. The molecule has 0 atom stereocenters. The number of carbonyl (C=O) groups is 1. The van der Waals surface area contributed by atoms with Crippen LogP contribution in [0.3, 0.4) is 0 Å². The summed E-state index contributed by atoms with van der Waals surface area (Å²) in [5, 5.41) is 26.1. The first kappa shape index (κ1) is 20.0. The van der Waals surface area contributed by atoms with E-state index in [0.29, 0.717) is 22.2 Å². The molecule has 0 saturated heterocycles. The standard InChI is InChI=1S/C20H11ClN6O4S/c21-14-6-5-12(10-15(14)27(29)30)25-7-1-3-11(25)9-13-17(22)26-20(23-18(13)28)32-19(24-26)16-4-2-8-31-16/h1-10,22H/b13-9-,22-17?. The van der Waals surface area contributed by atoms with Gasteiger partial charge >= 0.3 is 0 Å². The smallest absolute Gasteiger partial charge is 0.289 e. The Labute approximate surface area is 189 Å². The Kier molecular flexibility index (Phi) is 4.76. The monoisotopic (exact) mass is 466 g/mol. The molecular formula is C20H11ClN6O4S. The number of furan rings is 1. The topological polar surface area (TPSA) is 130 Å². The number of hydrazone groups is 1. The molecule has 0 aliphatic carbocycles. The lowest BCUT2D eigenvalue weighted by Gasteiger charge is -2.20. The number of nitro groups is 1. The van der Waals surface area contributed by atoms with Gasteiger partial charge in [-0.1, -0.05) is 11.6 Å². The maximum Gasteiger partial charge on any atom is 0.289 e. The van der Waals surface area contributed by atoms with Gasteiger partial charge in [0.1, 0.15) is 5.02 Å². The molecule has 10 nitrogen and oxygen atoms in total. The van der Waals surface area contributed by atoms with Crippen molar-refractivity contribution in [1.82, 2.24) is 9.58 Å². The van der Waals surface area contributed by atoms with Crippen LogP contribution in [0.2, 0.25) is 5.02 Å². The number of fused-ring (bicyclic) bond motifs is 1. The van der Waals surface area contributed by atoms with E-state index >= 15 is 0 Å². The van der Waals surface area contributed by atoms with Gasteiger partial charge in [0.15, 0.2) is 16.6 Å². The highest BCUT2D eigenvalue weighted by Gasteiger charge is 2.36. The summed E-state index contributed by atoms with van der Waals surface area (Å²) in [6.45, 7) is 0. The molecule has 0 unspecified atom stereocenters. The number of thioether (sulfide) groups is 1. The summed E-state index contributed by atoms with van der Waals surface area (Å²) in [6.07, 6.45) is 4.69. The van der Waals surface area contributed by atoms with Crippen LogP contribution in [-0.2, 0) is 4.79 Å². The third kappa shape index (κ3) is 3.33. The Morgan fingerprint density at radius 3 is 2.84 bits per heavy atom. The predicted molar refractivity (Wildman–Crippen MR) is 120 cm³/mol. The zero-order chi connectivity index (χ0) is 22.4. The summed E-state index contributed by atoms with van der Waals surface area (Å²) in [5.74, 6) is -0.209. The maximum atomic E-state index is 12.7. The lowest BCUT2D eigenvalue weighted by molar-refractivity contribution is -0.384. The first-order chi connectivity index (χ1) is 15.4. The quantitative estimate of drug-likeness (QED) is 0.346. The van der Waals surface area contributed by atoms with Crippen molar-refractivity contribution in [3.05, 3.63) is 87.1 Å². The number of rotatable bonds is 4. The summed E-state index contributed by atoms with van der Waals surface area (Å²) < 4.78 is 6.98. The summed E-state index contributed by atoms with van der Waals surface area (Å²) in [7, 11) is 0. The van der Waals surface area contributed by atoms with Crippen LogP contribution in [0, 0.1) is 15.5 Å². The number of hydrogen-bond donors (Lipinski definition) is 1. The van der Waals surface area contributed by atoms with Crippen molar-refractivity contribution in [1.29, 1.82) is 5.41 Å². The van der Waals surface area contributed by atoms with Gasteiger partial charge in [-0.3, -0.25) is 20.3 Å². The second-order valence-electron chi connectivity index (χ2n) is 6.60. The van der Waals surface area contributed by atoms with Crippen molar-refractivity contribution in [2.24, 2.45) is 10.1 Å². The van der Waals surface area contributed by atoms with Gasteiger partial charge in [-0.15, -0.1) is 0 Å². The van der Waals surface area contributed by atoms with Crippen LogP contribution in [-0.4, -0.2) is 36.5 Å². The Bertz CT molecular complexity index is 1390. The second kappa shape index (κ2) is 7.62. The van der Waals surface area contributed by atoms with Gasteiger partial charge in [0, 0.05) is 18.0 Å². The zero-order valence-corrected chi connectivity index (χ0v) is 17.5. The van der Waals surface area contributed by atoms with Crippen molar-refractivity contribution >= 4 is 57.1 Å². The Balaban J connectivity index is 1.52. The molecule has 0 bridgehead atoms. The molecule has 12 heteroatoms. The highest BCUT2D eigenvalue weighted by Crippen LogP contribution is 2.32. The van der Waals surface area contributed by atoms with Crippen molar-refractivity contribution in [3.8, 4) is 5.69 Å². The maximum absolute atomic E-state index is 12.7. The summed E-state index contributed by atoms with van der Waals surface area (Å²) in [4.78, 5) is 27.4. The SMILES string of the molecule is N=C1/C(=C/c2cccn2-c2ccc(Cl)c([N+](=O)[O-])c2)C(=O)N=C2SC(c3ccco3)=NN12. The third-order valence-corrected chi connectivity index (χ3v) is 5.91. The molecule has 5 rings (SSSR count). The van der Waals surface area contributed by atoms with Gasteiger partial charge in [0.25, 0.3) is 11.6 Å². The van der Waals surface area contributed by atoms with Crippen LogP contribution >= 0.6 is 23.4 Å². The fourth-order valence-corrected chi connectivity index (χ4v) is 4.22. The van der Waals surface area contributed by atoms with Gasteiger partial charge in [-0.25, -0.2) is 0 Å². The van der Waals surface area contributed by atoms with Crippen LogP contribution in [0.25, 0.3) is 11.8 Å². The number of aromatic nitrogens is 1. The first-order valence-corrected chi connectivity index (χ1v) is 10.3. The molecule has 1 aromatic carbocycles. The molecule has 0 spiro atoms. The van der Waals surface area contributed by atoms with Crippen molar-refractivity contribution in [3.63, 3.8) is 0 Å². The van der Waals surface area contributed by atoms with Gasteiger partial charge in [-0.05, 0) is 54.2 Å². The van der Waals surface area contributed by atoms with Crippen molar-refractivity contribution in [2.75, 3.05) is 0 Å². The minimum Gasteiger partial charge on any atom is -0.462 e. The molecule has 0 fully saturated rings. The van der Waals surface area contributed by atoms with Crippen molar-refractivity contribution < 1.29 is 14.1 Å². The molecule has 1 amide bonds. The molecule has 4 heterocycles. The summed E-state index contributed by atoms with van der Waals surface area (Å²) >= 11 is 7.05. The van der Waals surface area contributed by atoms with Gasteiger partial charge in [-0.2, -0.15) is 15.1 Å². The number of amides is 1. The van der Waals surface area contributed by atoms with Crippen LogP contribution < -0.4 is 0 Å². The minimum atomic E-state index is -0.584. The predicted octanol–water partition coefficient (Wildman–Crippen LogP) is 4.30. The fourth-order valence-electron chi connectivity index (χ4n) is 3.18. The van der Waals surface area contributed by atoms with Crippen molar-refractivity contribution in [2.45, 2.75) is 0 Å². The largest absolute Gasteiger partial charge is 0.462 e.